The Hall–Kier alpha value is -1.10. The Morgan fingerprint density at radius 3 is 2.40 bits per heavy atom. The standard InChI is InChI=1S/C13H18N4.3ClH/c1-17-10-9-16-13(17)3-2-8-15-12-6-4-11(14)5-7-12;;;/h4-7,9-10,15H,2-3,8,14H2,1H3;3*1H. The van der Waals surface area contributed by atoms with Gasteiger partial charge in [-0.2, -0.15) is 0 Å². The lowest BCUT2D eigenvalue weighted by Crippen LogP contribution is -3.00. The highest BCUT2D eigenvalue weighted by Crippen LogP contribution is 2.10. The minimum absolute atomic E-state index is 0. The molecule has 20 heavy (non-hydrogen) atoms. The molecule has 1 aromatic heterocycles. The number of hydrogen-bond acceptors (Lipinski definition) is 2. The van der Waals surface area contributed by atoms with E-state index < -0.39 is 0 Å². The number of anilines is 2. The van der Waals surface area contributed by atoms with Crippen LogP contribution in [-0.4, -0.2) is 11.5 Å². The maximum Gasteiger partial charge on any atom is 0.254 e. The molecule has 2 rings (SSSR count). The number of benzene rings is 1. The van der Waals surface area contributed by atoms with Gasteiger partial charge < -0.3 is 23.5 Å². The SMILES string of the molecule is C[n+]1cc[nH]c1CCCNc1ccc(N)cc1.Cl.Cl.[Cl-]. The van der Waals surface area contributed by atoms with Gasteiger partial charge in [0.05, 0.1) is 13.5 Å². The van der Waals surface area contributed by atoms with Crippen molar-refractivity contribution < 1.29 is 17.0 Å². The zero-order chi connectivity index (χ0) is 12.1. The first-order valence-electron chi connectivity index (χ1n) is 5.87. The van der Waals surface area contributed by atoms with Crippen LogP contribution in [-0.2, 0) is 13.5 Å². The maximum absolute atomic E-state index is 5.63. The normalized spacial score (nSPS) is 8.85. The first kappa shape index (κ1) is 21.2. The lowest BCUT2D eigenvalue weighted by atomic mass is 10.2. The summed E-state index contributed by atoms with van der Waals surface area (Å²) in [6.07, 6.45) is 6.13. The highest BCUT2D eigenvalue weighted by atomic mass is 35.5. The van der Waals surface area contributed by atoms with Crippen LogP contribution < -0.4 is 28.0 Å². The molecule has 0 saturated carbocycles. The van der Waals surface area contributed by atoms with Crippen LogP contribution in [0.15, 0.2) is 36.7 Å². The van der Waals surface area contributed by atoms with Crippen molar-refractivity contribution in [3.8, 4) is 0 Å². The third kappa shape index (κ3) is 6.37. The second-order valence-corrected chi connectivity index (χ2v) is 4.17. The number of aromatic nitrogens is 2. The van der Waals surface area contributed by atoms with Gasteiger partial charge in [0.25, 0.3) is 5.82 Å². The highest BCUT2D eigenvalue weighted by Gasteiger charge is 2.04. The third-order valence-electron chi connectivity index (χ3n) is 2.80. The minimum atomic E-state index is 0. The van der Waals surface area contributed by atoms with Crippen LogP contribution in [0.2, 0.25) is 0 Å². The fourth-order valence-electron chi connectivity index (χ4n) is 1.78. The van der Waals surface area contributed by atoms with E-state index in [1.807, 2.05) is 36.7 Å². The van der Waals surface area contributed by atoms with Crippen molar-refractivity contribution in [3.63, 3.8) is 0 Å². The van der Waals surface area contributed by atoms with Crippen molar-refractivity contribution in [1.82, 2.24) is 4.98 Å². The molecule has 4 nitrogen and oxygen atoms in total. The minimum Gasteiger partial charge on any atom is -1.00 e. The van der Waals surface area contributed by atoms with Gasteiger partial charge in [-0.05, 0) is 30.7 Å². The Labute approximate surface area is 138 Å². The predicted octanol–water partition coefficient (Wildman–Crippen LogP) is -0.686. The Morgan fingerprint density at radius 2 is 1.85 bits per heavy atom. The highest BCUT2D eigenvalue weighted by molar-refractivity contribution is 5.85. The maximum atomic E-state index is 5.63. The van der Waals surface area contributed by atoms with Crippen molar-refractivity contribution in [2.45, 2.75) is 12.8 Å². The Balaban J connectivity index is 0. The molecular weight excluding hydrogens is 319 g/mol. The van der Waals surface area contributed by atoms with Crippen molar-refractivity contribution in [1.29, 1.82) is 0 Å². The van der Waals surface area contributed by atoms with Crippen molar-refractivity contribution >= 4 is 36.2 Å². The van der Waals surface area contributed by atoms with E-state index in [-0.39, 0.29) is 37.2 Å². The molecule has 114 valence electrons. The Bertz CT molecular complexity index is 471. The van der Waals surface area contributed by atoms with Gasteiger partial charge in [0.2, 0.25) is 0 Å². The molecule has 1 aromatic carbocycles. The summed E-state index contributed by atoms with van der Waals surface area (Å²) >= 11 is 0. The van der Waals surface area contributed by atoms with E-state index >= 15 is 0 Å². The lowest BCUT2D eigenvalue weighted by Gasteiger charge is -2.05. The summed E-state index contributed by atoms with van der Waals surface area (Å²) in [7, 11) is 2.05. The zero-order valence-electron chi connectivity index (χ0n) is 11.3. The number of imidazole rings is 1. The smallest absolute Gasteiger partial charge is 0.254 e. The van der Waals surface area contributed by atoms with Gasteiger partial charge in [0.15, 0.2) is 0 Å². The molecule has 7 heteroatoms. The summed E-state index contributed by atoms with van der Waals surface area (Å²) in [6, 6.07) is 7.83. The first-order chi connectivity index (χ1) is 8.25. The number of nitrogens with two attached hydrogens (primary N) is 1. The molecule has 0 atom stereocenters. The topological polar surface area (TPSA) is 57.7 Å². The molecule has 0 radical (unpaired) electrons. The van der Waals surface area contributed by atoms with E-state index in [0.717, 1.165) is 30.8 Å². The van der Waals surface area contributed by atoms with Gasteiger partial charge in [-0.15, -0.1) is 24.8 Å². The molecule has 0 fully saturated rings. The monoisotopic (exact) mass is 338 g/mol. The summed E-state index contributed by atoms with van der Waals surface area (Å²) in [6.45, 7) is 0.961. The zero-order valence-corrected chi connectivity index (χ0v) is 13.7. The second-order valence-electron chi connectivity index (χ2n) is 4.17. The van der Waals surface area contributed by atoms with E-state index in [4.69, 9.17) is 5.73 Å². The summed E-state index contributed by atoms with van der Waals surface area (Å²) in [5.41, 5.74) is 7.55. The number of halogens is 3. The van der Waals surface area contributed by atoms with E-state index in [1.54, 1.807) is 0 Å². The summed E-state index contributed by atoms with van der Waals surface area (Å²) in [5.74, 6) is 1.25. The second kappa shape index (κ2) is 10.7. The van der Waals surface area contributed by atoms with E-state index in [2.05, 4.69) is 21.9 Å². The lowest BCUT2D eigenvalue weighted by molar-refractivity contribution is -0.677. The predicted molar refractivity (Wildman–Crippen MR) is 84.1 cm³/mol. The number of hydrogen-bond donors (Lipinski definition) is 3. The van der Waals surface area contributed by atoms with Crippen molar-refractivity contribution in [2.75, 3.05) is 17.6 Å². The van der Waals surface area contributed by atoms with Crippen LogP contribution in [0.3, 0.4) is 0 Å². The van der Waals surface area contributed by atoms with Crippen LogP contribution in [0, 0.1) is 0 Å². The van der Waals surface area contributed by atoms with Gasteiger partial charge in [-0.25, -0.2) is 9.55 Å². The third-order valence-corrected chi connectivity index (χ3v) is 2.80. The molecule has 0 aliphatic heterocycles. The average molecular weight is 340 g/mol. The quantitative estimate of drug-likeness (QED) is 0.384. The summed E-state index contributed by atoms with van der Waals surface area (Å²) in [5, 5.41) is 3.38. The van der Waals surface area contributed by atoms with Crippen LogP contribution >= 0.6 is 24.8 Å². The molecule has 0 bridgehead atoms. The van der Waals surface area contributed by atoms with Gasteiger partial charge in [-0.1, -0.05) is 0 Å². The average Bonchev–Trinajstić information content (AvgIpc) is 2.73. The molecule has 1 heterocycles. The number of nitrogens with zero attached hydrogens (tertiary/aromatic N) is 1. The van der Waals surface area contributed by atoms with Crippen molar-refractivity contribution in [2.24, 2.45) is 7.05 Å². The molecule has 0 aliphatic carbocycles. The van der Waals surface area contributed by atoms with Crippen LogP contribution in [0.5, 0.6) is 0 Å². The van der Waals surface area contributed by atoms with Gasteiger partial charge in [0, 0.05) is 17.9 Å². The van der Waals surface area contributed by atoms with E-state index in [1.165, 1.54) is 5.82 Å². The number of nitrogen functional groups attached to an aromatic ring is 1. The Morgan fingerprint density at radius 1 is 1.20 bits per heavy atom. The van der Waals surface area contributed by atoms with Gasteiger partial charge in [-0.3, -0.25) is 0 Å². The first-order valence-corrected chi connectivity index (χ1v) is 5.87. The molecule has 4 N–H and O–H groups in total. The van der Waals surface area contributed by atoms with E-state index in [9.17, 15) is 0 Å². The molecule has 0 spiro atoms. The van der Waals surface area contributed by atoms with Gasteiger partial charge in [0.1, 0.15) is 12.4 Å². The molecule has 0 aliphatic rings. The molecule has 0 amide bonds. The molecule has 0 saturated heterocycles. The number of nitrogens with one attached hydrogen (secondary N) is 2. The number of aromatic amines is 1. The number of H-pyrrole nitrogens is 1. The Kier molecular flexibility index (Phi) is 11.3. The van der Waals surface area contributed by atoms with Crippen molar-refractivity contribution in [3.05, 3.63) is 42.5 Å². The fraction of sp³-hybridized carbons (Fsp3) is 0.308. The van der Waals surface area contributed by atoms with Gasteiger partial charge >= 0.3 is 0 Å². The number of rotatable bonds is 5. The van der Waals surface area contributed by atoms with E-state index in [0.29, 0.717) is 0 Å². The summed E-state index contributed by atoms with van der Waals surface area (Å²) in [4.78, 5) is 3.23. The van der Waals surface area contributed by atoms with Crippen LogP contribution in [0.4, 0.5) is 11.4 Å². The molecule has 2 aromatic rings. The number of aryl methyl sites for hydroxylation is 2. The van der Waals surface area contributed by atoms with Crippen LogP contribution in [0.1, 0.15) is 12.2 Å². The largest absolute Gasteiger partial charge is 1.00 e. The fourth-order valence-corrected chi connectivity index (χ4v) is 1.78. The summed E-state index contributed by atoms with van der Waals surface area (Å²) < 4.78 is 2.11. The van der Waals surface area contributed by atoms with Crippen LogP contribution in [0.25, 0.3) is 0 Å². The molecular formula is C13H21Cl3N4. The molecule has 0 unspecified atom stereocenters.